The second-order valence-electron chi connectivity index (χ2n) is 3.92. The van der Waals surface area contributed by atoms with Crippen LogP contribution < -0.4 is 10.6 Å². The van der Waals surface area contributed by atoms with E-state index in [1.54, 1.807) is 18.2 Å². The van der Waals surface area contributed by atoms with Crippen LogP contribution in [-0.4, -0.2) is 22.6 Å². The molecular formula is C12H12ClIN4OS. The molecule has 0 saturated carbocycles. The molecule has 0 aliphatic carbocycles. The number of amides is 1. The number of carbonyl (C=O) groups is 1. The number of carbonyl (C=O) groups excluding carboxylic acids is 1. The molecule has 1 amide bonds. The minimum Gasteiger partial charge on any atom is -0.360 e. The second kappa shape index (κ2) is 7.19. The standard InChI is InChI=1S/C12H12ClIN4OS/c1-2-5-15-12-18-17-11(20-12)10(19)16-9-4-3-7(13)6-8(9)14/h3-4,6H,2,5H2,1H3,(H,15,18)(H,16,19). The summed E-state index contributed by atoms with van der Waals surface area (Å²) in [4.78, 5) is 12.1. The largest absolute Gasteiger partial charge is 0.360 e. The molecule has 0 aliphatic rings. The summed E-state index contributed by atoms with van der Waals surface area (Å²) < 4.78 is 0.872. The van der Waals surface area contributed by atoms with Crippen molar-refractivity contribution in [1.29, 1.82) is 0 Å². The highest BCUT2D eigenvalue weighted by Gasteiger charge is 2.14. The molecule has 0 saturated heterocycles. The molecule has 2 N–H and O–H groups in total. The zero-order valence-electron chi connectivity index (χ0n) is 10.6. The Balaban J connectivity index is 2.06. The second-order valence-corrected chi connectivity index (χ2v) is 6.49. The summed E-state index contributed by atoms with van der Waals surface area (Å²) >= 11 is 9.23. The van der Waals surface area contributed by atoms with Crippen molar-refractivity contribution < 1.29 is 4.79 Å². The van der Waals surface area contributed by atoms with E-state index in [0.717, 1.165) is 16.5 Å². The third-order valence-electron chi connectivity index (χ3n) is 2.32. The number of anilines is 2. The normalized spacial score (nSPS) is 10.3. The van der Waals surface area contributed by atoms with Gasteiger partial charge in [0.2, 0.25) is 10.1 Å². The van der Waals surface area contributed by atoms with Gasteiger partial charge in [0.05, 0.1) is 5.69 Å². The fraction of sp³-hybridized carbons (Fsp3) is 0.250. The van der Waals surface area contributed by atoms with Gasteiger partial charge in [-0.05, 0) is 47.2 Å². The first-order valence-electron chi connectivity index (χ1n) is 5.94. The van der Waals surface area contributed by atoms with Gasteiger partial charge in [0.15, 0.2) is 0 Å². The summed E-state index contributed by atoms with van der Waals surface area (Å²) in [5, 5.41) is 15.3. The Hall–Kier alpha value is -0.930. The van der Waals surface area contributed by atoms with Gasteiger partial charge in [-0.1, -0.05) is 29.9 Å². The van der Waals surface area contributed by atoms with E-state index in [4.69, 9.17) is 11.6 Å². The van der Waals surface area contributed by atoms with Gasteiger partial charge >= 0.3 is 0 Å². The molecule has 1 aromatic heterocycles. The zero-order chi connectivity index (χ0) is 14.5. The summed E-state index contributed by atoms with van der Waals surface area (Å²) in [6.45, 7) is 2.87. The molecule has 0 unspecified atom stereocenters. The Morgan fingerprint density at radius 1 is 1.45 bits per heavy atom. The maximum absolute atomic E-state index is 12.1. The lowest BCUT2D eigenvalue weighted by atomic mass is 10.3. The third-order valence-corrected chi connectivity index (χ3v) is 4.33. The predicted octanol–water partition coefficient (Wildman–Crippen LogP) is 3.87. The van der Waals surface area contributed by atoms with Crippen LogP contribution in [0, 0.1) is 3.57 Å². The van der Waals surface area contributed by atoms with E-state index in [9.17, 15) is 4.79 Å². The first-order chi connectivity index (χ1) is 9.60. The van der Waals surface area contributed by atoms with Crippen LogP contribution in [0.15, 0.2) is 18.2 Å². The molecule has 1 aromatic carbocycles. The molecule has 106 valence electrons. The fourth-order valence-electron chi connectivity index (χ4n) is 1.38. The van der Waals surface area contributed by atoms with Crippen molar-refractivity contribution in [3.05, 3.63) is 31.8 Å². The van der Waals surface area contributed by atoms with Crippen LogP contribution in [0.4, 0.5) is 10.8 Å². The van der Waals surface area contributed by atoms with Crippen LogP contribution >= 0.6 is 45.5 Å². The minimum atomic E-state index is -0.271. The van der Waals surface area contributed by atoms with Crippen LogP contribution in [0.2, 0.25) is 5.02 Å². The Bertz CT molecular complexity index is 619. The molecule has 20 heavy (non-hydrogen) atoms. The topological polar surface area (TPSA) is 66.9 Å². The molecule has 5 nitrogen and oxygen atoms in total. The molecule has 0 aliphatic heterocycles. The van der Waals surface area contributed by atoms with Crippen molar-refractivity contribution in [1.82, 2.24) is 10.2 Å². The number of hydrogen-bond acceptors (Lipinski definition) is 5. The van der Waals surface area contributed by atoms with Gasteiger partial charge in [-0.15, -0.1) is 10.2 Å². The highest BCUT2D eigenvalue weighted by Crippen LogP contribution is 2.23. The van der Waals surface area contributed by atoms with Crippen molar-refractivity contribution in [3.8, 4) is 0 Å². The summed E-state index contributed by atoms with van der Waals surface area (Å²) in [7, 11) is 0. The number of hydrogen-bond donors (Lipinski definition) is 2. The number of nitrogens with one attached hydrogen (secondary N) is 2. The molecule has 0 spiro atoms. The molecule has 8 heteroatoms. The molecule has 2 aromatic rings. The van der Waals surface area contributed by atoms with Gasteiger partial charge in [0.25, 0.3) is 5.91 Å². The smallest absolute Gasteiger partial charge is 0.286 e. The van der Waals surface area contributed by atoms with Gasteiger partial charge < -0.3 is 10.6 Å². The average Bonchev–Trinajstić information content (AvgIpc) is 2.88. The number of rotatable bonds is 5. The minimum absolute atomic E-state index is 0.271. The van der Waals surface area contributed by atoms with E-state index < -0.39 is 0 Å². The number of benzene rings is 1. The lowest BCUT2D eigenvalue weighted by molar-refractivity contribution is 0.102. The Labute approximate surface area is 139 Å². The molecule has 0 fully saturated rings. The molecular weight excluding hydrogens is 411 g/mol. The zero-order valence-corrected chi connectivity index (χ0v) is 14.3. The van der Waals surface area contributed by atoms with Gasteiger partial charge in [-0.3, -0.25) is 4.79 Å². The van der Waals surface area contributed by atoms with E-state index in [-0.39, 0.29) is 5.91 Å². The highest BCUT2D eigenvalue weighted by atomic mass is 127. The number of nitrogens with zero attached hydrogens (tertiary/aromatic N) is 2. The van der Waals surface area contributed by atoms with Crippen LogP contribution in [0.3, 0.4) is 0 Å². The van der Waals surface area contributed by atoms with Crippen molar-refractivity contribution in [3.63, 3.8) is 0 Å². The van der Waals surface area contributed by atoms with E-state index >= 15 is 0 Å². The van der Waals surface area contributed by atoms with Crippen LogP contribution in [0.5, 0.6) is 0 Å². The third kappa shape index (κ3) is 4.03. The summed E-state index contributed by atoms with van der Waals surface area (Å²) in [5.41, 5.74) is 0.707. The average molecular weight is 423 g/mol. The monoisotopic (exact) mass is 422 g/mol. The van der Waals surface area contributed by atoms with Gasteiger partial charge in [0, 0.05) is 15.1 Å². The molecule has 0 bridgehead atoms. The first-order valence-corrected chi connectivity index (χ1v) is 8.21. The maximum Gasteiger partial charge on any atom is 0.286 e. The molecule has 1 heterocycles. The van der Waals surface area contributed by atoms with E-state index in [1.165, 1.54) is 11.3 Å². The van der Waals surface area contributed by atoms with Crippen LogP contribution in [0.25, 0.3) is 0 Å². The van der Waals surface area contributed by atoms with Crippen LogP contribution in [-0.2, 0) is 0 Å². The SMILES string of the molecule is CCCNc1nnc(C(=O)Nc2ccc(Cl)cc2I)s1. The predicted molar refractivity (Wildman–Crippen MR) is 90.8 cm³/mol. The Morgan fingerprint density at radius 2 is 2.25 bits per heavy atom. The maximum atomic E-state index is 12.1. The molecule has 2 rings (SSSR count). The number of halogens is 2. The number of aromatic nitrogens is 2. The van der Waals surface area contributed by atoms with Crippen LogP contribution in [0.1, 0.15) is 23.1 Å². The van der Waals surface area contributed by atoms with Gasteiger partial charge in [-0.25, -0.2) is 0 Å². The quantitative estimate of drug-likeness (QED) is 0.718. The lowest BCUT2D eigenvalue weighted by Crippen LogP contribution is -2.12. The Morgan fingerprint density at radius 3 is 2.95 bits per heavy atom. The molecule has 0 radical (unpaired) electrons. The van der Waals surface area contributed by atoms with Crippen molar-refractivity contribution in [2.45, 2.75) is 13.3 Å². The Kier molecular flexibility index (Phi) is 5.55. The fourth-order valence-corrected chi connectivity index (χ4v) is 3.06. The highest BCUT2D eigenvalue weighted by molar-refractivity contribution is 14.1. The summed E-state index contributed by atoms with van der Waals surface area (Å²) in [5.74, 6) is -0.271. The molecule has 0 atom stereocenters. The van der Waals surface area contributed by atoms with Crippen molar-refractivity contribution >= 4 is 62.3 Å². The van der Waals surface area contributed by atoms with Crippen molar-refractivity contribution in [2.75, 3.05) is 17.2 Å². The van der Waals surface area contributed by atoms with Gasteiger partial charge in [0.1, 0.15) is 0 Å². The summed E-state index contributed by atoms with van der Waals surface area (Å²) in [6.07, 6.45) is 0.990. The summed E-state index contributed by atoms with van der Waals surface area (Å²) in [6, 6.07) is 5.28. The van der Waals surface area contributed by atoms with Gasteiger partial charge in [-0.2, -0.15) is 0 Å². The first kappa shape index (κ1) is 15.5. The van der Waals surface area contributed by atoms with E-state index in [1.807, 2.05) is 0 Å². The van der Waals surface area contributed by atoms with E-state index in [2.05, 4.69) is 50.3 Å². The lowest BCUT2D eigenvalue weighted by Gasteiger charge is -2.05. The van der Waals surface area contributed by atoms with E-state index in [0.29, 0.717) is 20.8 Å². The van der Waals surface area contributed by atoms with Crippen molar-refractivity contribution in [2.24, 2.45) is 0 Å².